The van der Waals surface area contributed by atoms with Crippen LogP contribution in [0.2, 0.25) is 0 Å². The first kappa shape index (κ1) is 34.7. The number of unbranched alkanes of at least 4 members (excludes halogenated alkanes) is 1. The first-order valence-electron chi connectivity index (χ1n) is 13.6. The van der Waals surface area contributed by atoms with Crippen LogP contribution in [-0.4, -0.2) is 102 Å². The first-order chi connectivity index (χ1) is 21.0. The highest BCUT2D eigenvalue weighted by atomic mass is 32.2. The van der Waals surface area contributed by atoms with Crippen LogP contribution in [0.5, 0.6) is 0 Å². The molecule has 0 saturated carbocycles. The maximum Gasteiger partial charge on any atom is 0.327 e. The van der Waals surface area contributed by atoms with E-state index in [2.05, 4.69) is 15.6 Å². The minimum absolute atomic E-state index is 0.0419. The van der Waals surface area contributed by atoms with Crippen LogP contribution in [0, 0.1) is 0 Å². The summed E-state index contributed by atoms with van der Waals surface area (Å²) in [4.78, 5) is 53.2. The van der Waals surface area contributed by atoms with Gasteiger partial charge in [0.05, 0.1) is 29.5 Å². The Morgan fingerprint density at radius 2 is 1.59 bits per heavy atom. The molecule has 1 saturated heterocycles. The number of thiocarbonyl (C=S) groups is 1. The van der Waals surface area contributed by atoms with Crippen LogP contribution in [0.3, 0.4) is 0 Å². The van der Waals surface area contributed by atoms with E-state index >= 15 is 0 Å². The molecule has 1 aliphatic heterocycles. The largest absolute Gasteiger partial charge is 0.395 e. The van der Waals surface area contributed by atoms with Crippen molar-refractivity contribution in [3.63, 3.8) is 0 Å². The summed E-state index contributed by atoms with van der Waals surface area (Å²) in [7, 11) is -4.00. The SMILES string of the molecule is CCCCN(C(=O)CN1C(=O)CSC1=S)c1ccc(S(=O)(=O)Nc2ccc(NNC(=O)C(=O)N(CCO)CCO)cc2)cc1. The summed E-state index contributed by atoms with van der Waals surface area (Å²) in [5, 5.41) is 18.0. The number of carbonyl (C=O) groups is 4. The van der Waals surface area contributed by atoms with E-state index in [-0.39, 0.29) is 61.0 Å². The molecule has 0 atom stereocenters. The molecule has 44 heavy (non-hydrogen) atoms. The standard InChI is InChI=1S/C27H34N6O8S3/c1-2-3-12-32(23(36)17-33-24(37)18-43-27(33)42)21-8-10-22(11-9-21)44(40,41)30-20-6-4-19(5-7-20)28-29-25(38)26(39)31(13-15-34)14-16-35/h4-11,28,30,34-35H,2-3,12-18H2,1H3,(H,29,38). The number of rotatable bonds is 15. The quantitative estimate of drug-likeness (QED) is 0.102. The van der Waals surface area contributed by atoms with E-state index in [9.17, 15) is 27.6 Å². The monoisotopic (exact) mass is 666 g/mol. The van der Waals surface area contributed by atoms with E-state index < -0.39 is 21.8 Å². The highest BCUT2D eigenvalue weighted by Crippen LogP contribution is 2.24. The van der Waals surface area contributed by atoms with Crippen LogP contribution >= 0.6 is 24.0 Å². The van der Waals surface area contributed by atoms with Gasteiger partial charge in [0.1, 0.15) is 10.9 Å². The minimum atomic E-state index is -4.00. The molecule has 2 aromatic rings. The number of amides is 4. The first-order valence-corrected chi connectivity index (χ1v) is 16.5. The Morgan fingerprint density at radius 1 is 0.977 bits per heavy atom. The summed E-state index contributed by atoms with van der Waals surface area (Å²) in [6.07, 6.45) is 1.53. The van der Waals surface area contributed by atoms with Crippen LogP contribution in [0.25, 0.3) is 0 Å². The van der Waals surface area contributed by atoms with E-state index in [1.165, 1.54) is 70.1 Å². The predicted molar refractivity (Wildman–Crippen MR) is 170 cm³/mol. The Bertz CT molecular complexity index is 1430. The van der Waals surface area contributed by atoms with Gasteiger partial charge in [0, 0.05) is 31.0 Å². The molecule has 0 aromatic heterocycles. The lowest BCUT2D eigenvalue weighted by molar-refractivity contribution is -0.146. The number of aliphatic hydroxyl groups is 2. The average molecular weight is 667 g/mol. The molecule has 3 rings (SSSR count). The maximum atomic E-state index is 13.1. The molecule has 0 unspecified atom stereocenters. The number of nitrogens with one attached hydrogen (secondary N) is 3. The Hall–Kier alpha value is -3.77. The van der Waals surface area contributed by atoms with E-state index in [4.69, 9.17) is 22.4 Å². The molecule has 5 N–H and O–H groups in total. The Balaban J connectivity index is 1.63. The van der Waals surface area contributed by atoms with Crippen molar-refractivity contribution >= 4 is 79.0 Å². The van der Waals surface area contributed by atoms with Gasteiger partial charge >= 0.3 is 11.8 Å². The van der Waals surface area contributed by atoms with E-state index in [0.717, 1.165) is 11.3 Å². The third kappa shape index (κ3) is 9.36. The lowest BCUT2D eigenvalue weighted by Crippen LogP contribution is -2.46. The van der Waals surface area contributed by atoms with Gasteiger partial charge in [-0.05, 0) is 55.0 Å². The van der Waals surface area contributed by atoms with Crippen molar-refractivity contribution in [1.29, 1.82) is 0 Å². The van der Waals surface area contributed by atoms with Crippen molar-refractivity contribution < 1.29 is 37.8 Å². The van der Waals surface area contributed by atoms with Crippen molar-refractivity contribution in [2.75, 3.05) is 60.2 Å². The number of hydrazine groups is 1. The van der Waals surface area contributed by atoms with Crippen molar-refractivity contribution in [3.8, 4) is 0 Å². The number of anilines is 3. The van der Waals surface area contributed by atoms with Crippen molar-refractivity contribution in [2.24, 2.45) is 0 Å². The molecule has 238 valence electrons. The molecule has 0 bridgehead atoms. The fourth-order valence-corrected chi connectivity index (χ4v) is 6.12. The molecule has 0 radical (unpaired) electrons. The Morgan fingerprint density at radius 3 is 2.14 bits per heavy atom. The second kappa shape index (κ2) is 16.3. The number of hydrogen-bond donors (Lipinski definition) is 5. The zero-order valence-corrected chi connectivity index (χ0v) is 26.3. The molecule has 1 aliphatic rings. The van der Waals surface area contributed by atoms with Crippen LogP contribution in [-0.2, 0) is 29.2 Å². The van der Waals surface area contributed by atoms with Gasteiger partial charge in [0.2, 0.25) is 11.8 Å². The van der Waals surface area contributed by atoms with Crippen LogP contribution in [0.1, 0.15) is 19.8 Å². The van der Waals surface area contributed by atoms with Gasteiger partial charge in [-0.1, -0.05) is 37.3 Å². The fourth-order valence-electron chi connectivity index (χ4n) is 3.99. The lowest BCUT2D eigenvalue weighted by Gasteiger charge is -2.25. The van der Waals surface area contributed by atoms with Crippen LogP contribution in [0.15, 0.2) is 53.4 Å². The average Bonchev–Trinajstić information content (AvgIpc) is 3.32. The summed E-state index contributed by atoms with van der Waals surface area (Å²) in [5.74, 6) is -2.30. The van der Waals surface area contributed by atoms with Gasteiger partial charge in [0.15, 0.2) is 0 Å². The topological polar surface area (TPSA) is 189 Å². The molecule has 0 aliphatic carbocycles. The third-order valence-electron chi connectivity index (χ3n) is 6.31. The van der Waals surface area contributed by atoms with Crippen molar-refractivity contribution in [1.82, 2.24) is 15.2 Å². The summed E-state index contributed by atoms with van der Waals surface area (Å²) < 4.78 is 28.9. The second-order valence-electron chi connectivity index (χ2n) is 9.43. The molecular formula is C27H34N6O8S3. The molecule has 1 heterocycles. The van der Waals surface area contributed by atoms with E-state index in [0.29, 0.717) is 28.7 Å². The zero-order chi connectivity index (χ0) is 32.3. The molecule has 2 aromatic carbocycles. The van der Waals surface area contributed by atoms with Crippen molar-refractivity contribution in [3.05, 3.63) is 48.5 Å². The molecule has 14 nitrogen and oxygen atoms in total. The predicted octanol–water partition coefficient (Wildman–Crippen LogP) is 0.737. The van der Waals surface area contributed by atoms with Crippen LogP contribution < -0.4 is 20.5 Å². The van der Waals surface area contributed by atoms with Gasteiger partial charge in [-0.25, -0.2) is 8.42 Å². The molecule has 1 fully saturated rings. The zero-order valence-electron chi connectivity index (χ0n) is 23.9. The highest BCUT2D eigenvalue weighted by Gasteiger charge is 2.30. The normalized spacial score (nSPS) is 13.0. The number of benzene rings is 2. The summed E-state index contributed by atoms with van der Waals surface area (Å²) >= 11 is 6.39. The second-order valence-corrected chi connectivity index (χ2v) is 12.7. The number of nitrogens with zero attached hydrogens (tertiary/aromatic N) is 3. The number of sulfonamides is 1. The number of thioether (sulfide) groups is 1. The fraction of sp³-hybridized carbons (Fsp3) is 0.370. The Kier molecular flexibility index (Phi) is 12.9. The summed E-state index contributed by atoms with van der Waals surface area (Å²) in [6, 6.07) is 11.6. The summed E-state index contributed by atoms with van der Waals surface area (Å²) in [6.45, 7) is 1.20. The minimum Gasteiger partial charge on any atom is -0.395 e. The summed E-state index contributed by atoms with van der Waals surface area (Å²) in [5.41, 5.74) is 5.81. The lowest BCUT2D eigenvalue weighted by atomic mass is 10.2. The molecular weight excluding hydrogens is 633 g/mol. The van der Waals surface area contributed by atoms with Gasteiger partial charge in [-0.15, -0.1) is 0 Å². The maximum absolute atomic E-state index is 13.1. The molecule has 4 amide bonds. The van der Waals surface area contributed by atoms with E-state index in [1.807, 2.05) is 6.92 Å². The molecule has 0 spiro atoms. The number of hydrogen-bond acceptors (Lipinski definition) is 11. The number of aliphatic hydroxyl groups excluding tert-OH is 2. The number of carbonyl (C=O) groups excluding carboxylic acids is 4. The molecule has 17 heteroatoms. The third-order valence-corrected chi connectivity index (χ3v) is 9.14. The van der Waals surface area contributed by atoms with Gasteiger partial charge < -0.3 is 20.0 Å². The van der Waals surface area contributed by atoms with Gasteiger partial charge in [-0.2, -0.15) is 0 Å². The smallest absolute Gasteiger partial charge is 0.327 e. The Labute approximate surface area is 264 Å². The van der Waals surface area contributed by atoms with Gasteiger partial charge in [0.25, 0.3) is 10.0 Å². The van der Waals surface area contributed by atoms with Crippen molar-refractivity contribution in [2.45, 2.75) is 24.7 Å². The van der Waals surface area contributed by atoms with E-state index in [1.54, 1.807) is 0 Å². The van der Waals surface area contributed by atoms with Crippen LogP contribution in [0.4, 0.5) is 17.1 Å². The highest BCUT2D eigenvalue weighted by molar-refractivity contribution is 8.24. The van der Waals surface area contributed by atoms with Gasteiger partial charge in [-0.3, -0.25) is 39.7 Å².